The Morgan fingerprint density at radius 2 is 1.23 bits per heavy atom. The molecule has 2 amide bonds. The average Bonchev–Trinajstić information content (AvgIpc) is 2.59. The predicted octanol–water partition coefficient (Wildman–Crippen LogP) is 3.47. The lowest BCUT2D eigenvalue weighted by atomic mass is 10.2. The van der Waals surface area contributed by atoms with Crippen LogP contribution in [0.15, 0.2) is 18.2 Å². The molecule has 8 heteroatoms. The second kappa shape index (κ2) is 11.2. The zero-order valence-electron chi connectivity index (χ0n) is 18.6. The Labute approximate surface area is 178 Å². The van der Waals surface area contributed by atoms with Gasteiger partial charge in [-0.1, -0.05) is 5.92 Å². The molecule has 8 nitrogen and oxygen atoms in total. The number of nitrogens with one attached hydrogen (secondary N) is 2. The first-order valence-electron chi connectivity index (χ1n) is 9.69. The molecular weight excluding hydrogens is 388 g/mol. The van der Waals surface area contributed by atoms with Crippen molar-refractivity contribution in [3.63, 3.8) is 0 Å². The van der Waals surface area contributed by atoms with Crippen molar-refractivity contribution in [1.82, 2.24) is 10.6 Å². The second-order valence-corrected chi connectivity index (χ2v) is 8.39. The van der Waals surface area contributed by atoms with Crippen LogP contribution in [0, 0.1) is 12.3 Å². The van der Waals surface area contributed by atoms with Crippen LogP contribution in [0.25, 0.3) is 0 Å². The van der Waals surface area contributed by atoms with E-state index in [0.29, 0.717) is 17.1 Å². The van der Waals surface area contributed by atoms with Gasteiger partial charge in [-0.2, -0.15) is 0 Å². The summed E-state index contributed by atoms with van der Waals surface area (Å²) in [6.07, 6.45) is 4.47. The first-order chi connectivity index (χ1) is 13.9. The Morgan fingerprint density at radius 1 is 0.833 bits per heavy atom. The third-order valence-electron chi connectivity index (χ3n) is 3.12. The van der Waals surface area contributed by atoms with Crippen molar-refractivity contribution in [3.05, 3.63) is 23.8 Å². The van der Waals surface area contributed by atoms with Gasteiger partial charge in [-0.25, -0.2) is 9.59 Å². The number of terminal acetylenes is 1. The highest BCUT2D eigenvalue weighted by Gasteiger charge is 2.16. The molecule has 0 saturated heterocycles. The van der Waals surface area contributed by atoms with Crippen LogP contribution in [0.3, 0.4) is 0 Å². The van der Waals surface area contributed by atoms with Gasteiger partial charge in [0.1, 0.15) is 35.9 Å². The van der Waals surface area contributed by atoms with Crippen molar-refractivity contribution < 1.29 is 28.5 Å². The summed E-state index contributed by atoms with van der Waals surface area (Å²) < 4.78 is 21.6. The van der Waals surface area contributed by atoms with Crippen LogP contribution in [-0.4, -0.2) is 49.7 Å². The molecule has 0 aromatic heterocycles. The van der Waals surface area contributed by atoms with Crippen LogP contribution in [0.4, 0.5) is 9.59 Å². The number of rotatable bonds is 8. The number of hydrogen-bond acceptors (Lipinski definition) is 6. The predicted molar refractivity (Wildman–Crippen MR) is 114 cm³/mol. The smallest absolute Gasteiger partial charge is 0.407 e. The lowest BCUT2D eigenvalue weighted by Crippen LogP contribution is -2.34. The van der Waals surface area contributed by atoms with E-state index < -0.39 is 23.4 Å². The van der Waals surface area contributed by atoms with Crippen LogP contribution in [-0.2, 0) is 9.47 Å². The number of carbonyl (C=O) groups is 2. The van der Waals surface area contributed by atoms with Gasteiger partial charge in [0.05, 0.1) is 13.1 Å². The van der Waals surface area contributed by atoms with Gasteiger partial charge in [0.25, 0.3) is 0 Å². The maximum absolute atomic E-state index is 11.6. The molecule has 0 radical (unpaired) electrons. The van der Waals surface area contributed by atoms with Gasteiger partial charge in [-0.3, -0.25) is 0 Å². The van der Waals surface area contributed by atoms with Gasteiger partial charge in [0.2, 0.25) is 0 Å². The molecule has 0 aliphatic rings. The third kappa shape index (κ3) is 11.7. The molecule has 30 heavy (non-hydrogen) atoms. The van der Waals surface area contributed by atoms with E-state index in [9.17, 15) is 9.59 Å². The van der Waals surface area contributed by atoms with Crippen molar-refractivity contribution >= 4 is 12.2 Å². The molecule has 2 N–H and O–H groups in total. The van der Waals surface area contributed by atoms with Crippen molar-refractivity contribution in [2.75, 3.05) is 26.3 Å². The minimum absolute atomic E-state index is 0.229. The Balaban J connectivity index is 2.46. The Morgan fingerprint density at radius 3 is 1.57 bits per heavy atom. The summed E-state index contributed by atoms with van der Waals surface area (Å²) >= 11 is 0. The minimum Gasteiger partial charge on any atom is -0.492 e. The molecule has 1 rings (SSSR count). The van der Waals surface area contributed by atoms with Crippen LogP contribution in [0.1, 0.15) is 47.1 Å². The van der Waals surface area contributed by atoms with Gasteiger partial charge in [0.15, 0.2) is 0 Å². The third-order valence-corrected chi connectivity index (χ3v) is 3.12. The first-order valence-corrected chi connectivity index (χ1v) is 9.69. The topological polar surface area (TPSA) is 95.1 Å². The Kier molecular flexibility index (Phi) is 9.31. The SMILES string of the molecule is C#Cc1cc(OCCNC(=O)OC(C)(C)C)cc(OCCNC(=O)OC(C)(C)C)c1. The number of carbonyl (C=O) groups excluding carboxylic acids is 2. The van der Waals surface area contributed by atoms with Gasteiger partial charge >= 0.3 is 12.2 Å². The number of alkyl carbamates (subject to hydrolysis) is 2. The normalized spacial score (nSPS) is 11.1. The molecule has 1 aromatic rings. The van der Waals surface area contributed by atoms with Crippen LogP contribution < -0.4 is 20.1 Å². The fourth-order valence-corrected chi connectivity index (χ4v) is 2.09. The Bertz CT molecular complexity index is 702. The largest absolute Gasteiger partial charge is 0.492 e. The average molecular weight is 421 g/mol. The molecule has 0 heterocycles. The van der Waals surface area contributed by atoms with Gasteiger partial charge in [-0.05, 0) is 53.7 Å². The molecular formula is C22H32N2O6. The molecule has 1 aromatic carbocycles. The summed E-state index contributed by atoms with van der Waals surface area (Å²) in [4.78, 5) is 23.2. The van der Waals surface area contributed by atoms with Crippen LogP contribution in [0.5, 0.6) is 11.5 Å². The minimum atomic E-state index is -0.559. The van der Waals surface area contributed by atoms with E-state index in [1.807, 2.05) is 0 Å². The quantitative estimate of drug-likeness (QED) is 0.494. The lowest BCUT2D eigenvalue weighted by Gasteiger charge is -2.20. The van der Waals surface area contributed by atoms with Gasteiger partial charge < -0.3 is 29.6 Å². The molecule has 0 fully saturated rings. The highest BCUT2D eigenvalue weighted by atomic mass is 16.6. The maximum Gasteiger partial charge on any atom is 0.407 e. The molecule has 0 unspecified atom stereocenters. The molecule has 0 saturated carbocycles. The van der Waals surface area contributed by atoms with Crippen molar-refractivity contribution in [2.24, 2.45) is 0 Å². The Hall–Kier alpha value is -3.08. The lowest BCUT2D eigenvalue weighted by molar-refractivity contribution is 0.0509. The van der Waals surface area contributed by atoms with Gasteiger partial charge in [0, 0.05) is 11.6 Å². The van der Waals surface area contributed by atoms with E-state index in [-0.39, 0.29) is 26.3 Å². The summed E-state index contributed by atoms with van der Waals surface area (Å²) in [5.74, 6) is 3.55. The number of hydrogen-bond donors (Lipinski definition) is 2. The van der Waals surface area contributed by atoms with Crippen LogP contribution >= 0.6 is 0 Å². The molecule has 0 atom stereocenters. The van der Waals surface area contributed by atoms with E-state index in [0.717, 1.165) is 0 Å². The number of benzene rings is 1. The maximum atomic E-state index is 11.6. The van der Waals surface area contributed by atoms with E-state index in [2.05, 4.69) is 16.6 Å². The number of amides is 2. The zero-order chi connectivity index (χ0) is 22.8. The highest BCUT2D eigenvalue weighted by molar-refractivity contribution is 5.67. The van der Waals surface area contributed by atoms with Crippen LogP contribution in [0.2, 0.25) is 0 Å². The summed E-state index contributed by atoms with van der Waals surface area (Å²) in [6.45, 7) is 11.7. The fourth-order valence-electron chi connectivity index (χ4n) is 2.09. The summed E-state index contributed by atoms with van der Waals surface area (Å²) in [5, 5.41) is 5.22. The van der Waals surface area contributed by atoms with Crippen molar-refractivity contribution in [1.29, 1.82) is 0 Å². The highest BCUT2D eigenvalue weighted by Crippen LogP contribution is 2.22. The molecule has 0 aliphatic carbocycles. The summed E-state index contributed by atoms with van der Waals surface area (Å²) in [7, 11) is 0. The zero-order valence-corrected chi connectivity index (χ0v) is 18.6. The first kappa shape index (κ1) is 25.0. The van der Waals surface area contributed by atoms with E-state index in [1.54, 1.807) is 59.7 Å². The monoisotopic (exact) mass is 420 g/mol. The van der Waals surface area contributed by atoms with Crippen molar-refractivity contribution in [2.45, 2.75) is 52.7 Å². The van der Waals surface area contributed by atoms with Crippen molar-refractivity contribution in [3.8, 4) is 23.8 Å². The van der Waals surface area contributed by atoms with Gasteiger partial charge in [-0.15, -0.1) is 6.42 Å². The standard InChI is InChI=1S/C22H32N2O6/c1-8-16-13-17(27-11-9-23-19(25)29-21(2,3)4)15-18(14-16)28-12-10-24-20(26)30-22(5,6)7/h1,13-15H,9-12H2,2-7H3,(H,23,25)(H,24,26). The molecule has 0 bridgehead atoms. The molecule has 0 spiro atoms. The molecule has 0 aliphatic heterocycles. The van der Waals surface area contributed by atoms with E-state index >= 15 is 0 Å². The molecule has 166 valence electrons. The van der Waals surface area contributed by atoms with E-state index in [1.165, 1.54) is 0 Å². The fraction of sp³-hybridized carbons (Fsp3) is 0.545. The summed E-state index contributed by atoms with van der Waals surface area (Å²) in [5.41, 5.74) is -0.532. The summed E-state index contributed by atoms with van der Waals surface area (Å²) in [6, 6.07) is 5.07. The van der Waals surface area contributed by atoms with E-state index in [4.69, 9.17) is 25.4 Å². The second-order valence-electron chi connectivity index (χ2n) is 8.39. The number of ether oxygens (including phenoxy) is 4.